The van der Waals surface area contributed by atoms with Crippen LogP contribution in [-0.4, -0.2) is 5.11 Å². The highest BCUT2D eigenvalue weighted by Crippen LogP contribution is 2.42. The van der Waals surface area contributed by atoms with Crippen molar-refractivity contribution in [2.24, 2.45) is 5.73 Å². The molecular weight excluding hydrogens is 242 g/mol. The van der Waals surface area contributed by atoms with E-state index in [1.807, 2.05) is 18.2 Å². The molecule has 0 heterocycles. The van der Waals surface area contributed by atoms with Crippen LogP contribution in [-0.2, 0) is 5.54 Å². The van der Waals surface area contributed by atoms with Gasteiger partial charge in [0.2, 0.25) is 0 Å². The van der Waals surface area contributed by atoms with Gasteiger partial charge in [-0.25, -0.2) is 0 Å². The second-order valence-corrected chi connectivity index (χ2v) is 4.85. The summed E-state index contributed by atoms with van der Waals surface area (Å²) in [5.41, 5.74) is 6.84. The highest BCUT2D eigenvalue weighted by atomic mass is 79.9. The van der Waals surface area contributed by atoms with Gasteiger partial charge in [0.1, 0.15) is 5.75 Å². The molecule has 0 aliphatic heterocycles. The van der Waals surface area contributed by atoms with Crippen molar-refractivity contribution >= 4 is 15.9 Å². The van der Waals surface area contributed by atoms with Gasteiger partial charge < -0.3 is 10.8 Å². The van der Waals surface area contributed by atoms with Gasteiger partial charge in [-0.3, -0.25) is 0 Å². The van der Waals surface area contributed by atoms with E-state index in [0.29, 0.717) is 5.75 Å². The SMILES string of the molecule is NC1(c2cccc(Br)c2O)CCCC1. The average molecular weight is 256 g/mol. The minimum absolute atomic E-state index is 0.303. The minimum Gasteiger partial charge on any atom is -0.506 e. The predicted octanol–water partition coefficient (Wildman–Crippen LogP) is 2.88. The minimum atomic E-state index is -0.312. The normalized spacial score (nSPS) is 19.9. The van der Waals surface area contributed by atoms with E-state index >= 15 is 0 Å². The van der Waals surface area contributed by atoms with Crippen LogP contribution in [0.4, 0.5) is 0 Å². The molecule has 0 atom stereocenters. The summed E-state index contributed by atoms with van der Waals surface area (Å²) in [6, 6.07) is 5.68. The van der Waals surface area contributed by atoms with Crippen molar-refractivity contribution in [3.05, 3.63) is 28.2 Å². The molecule has 3 N–H and O–H groups in total. The number of nitrogens with two attached hydrogens (primary N) is 1. The molecule has 0 unspecified atom stereocenters. The maximum absolute atomic E-state index is 9.90. The Balaban J connectivity index is 2.45. The first-order valence-corrected chi connectivity index (χ1v) is 5.70. The number of aromatic hydroxyl groups is 1. The van der Waals surface area contributed by atoms with Crippen molar-refractivity contribution in [3.8, 4) is 5.75 Å². The second-order valence-electron chi connectivity index (χ2n) is 4.00. The number of halogens is 1. The molecule has 1 saturated carbocycles. The summed E-state index contributed by atoms with van der Waals surface area (Å²) in [6.07, 6.45) is 4.25. The van der Waals surface area contributed by atoms with Crippen molar-refractivity contribution in [2.45, 2.75) is 31.2 Å². The molecule has 1 aliphatic carbocycles. The van der Waals surface area contributed by atoms with E-state index in [4.69, 9.17) is 5.73 Å². The monoisotopic (exact) mass is 255 g/mol. The van der Waals surface area contributed by atoms with Crippen molar-refractivity contribution in [3.63, 3.8) is 0 Å². The molecule has 1 aliphatic rings. The molecule has 0 saturated heterocycles. The van der Waals surface area contributed by atoms with Crippen LogP contribution in [0.1, 0.15) is 31.2 Å². The lowest BCUT2D eigenvalue weighted by Gasteiger charge is -2.25. The second kappa shape index (κ2) is 3.55. The Bertz CT molecular complexity index is 345. The molecule has 0 radical (unpaired) electrons. The fourth-order valence-corrected chi connectivity index (χ4v) is 2.56. The molecule has 2 rings (SSSR count). The Morgan fingerprint density at radius 2 is 1.93 bits per heavy atom. The Hall–Kier alpha value is -0.540. The summed E-state index contributed by atoms with van der Waals surface area (Å²) in [6.45, 7) is 0. The zero-order valence-corrected chi connectivity index (χ0v) is 9.55. The lowest BCUT2D eigenvalue weighted by Crippen LogP contribution is -2.33. The summed E-state index contributed by atoms with van der Waals surface area (Å²) in [5, 5.41) is 9.90. The summed E-state index contributed by atoms with van der Waals surface area (Å²) < 4.78 is 0.728. The van der Waals surface area contributed by atoms with Crippen LogP contribution in [0.25, 0.3) is 0 Å². The summed E-state index contributed by atoms with van der Waals surface area (Å²) in [4.78, 5) is 0. The topological polar surface area (TPSA) is 46.2 Å². The molecule has 1 aromatic carbocycles. The van der Waals surface area contributed by atoms with E-state index in [1.54, 1.807) is 0 Å². The summed E-state index contributed by atoms with van der Waals surface area (Å²) in [7, 11) is 0. The maximum atomic E-state index is 9.90. The van der Waals surface area contributed by atoms with Crippen LogP contribution < -0.4 is 5.73 Å². The maximum Gasteiger partial charge on any atom is 0.134 e. The number of phenols is 1. The molecule has 76 valence electrons. The number of hydrogen-bond acceptors (Lipinski definition) is 2. The first-order chi connectivity index (χ1) is 6.63. The molecule has 1 fully saturated rings. The van der Waals surface area contributed by atoms with Crippen molar-refractivity contribution in [2.75, 3.05) is 0 Å². The van der Waals surface area contributed by atoms with E-state index < -0.39 is 0 Å². The van der Waals surface area contributed by atoms with E-state index in [1.165, 1.54) is 0 Å². The number of hydrogen-bond donors (Lipinski definition) is 2. The molecule has 0 amide bonds. The van der Waals surface area contributed by atoms with Crippen LogP contribution >= 0.6 is 15.9 Å². The number of benzene rings is 1. The van der Waals surface area contributed by atoms with E-state index in [9.17, 15) is 5.11 Å². The summed E-state index contributed by atoms with van der Waals surface area (Å²) in [5.74, 6) is 0.303. The largest absolute Gasteiger partial charge is 0.506 e. The van der Waals surface area contributed by atoms with Gasteiger partial charge in [-0.05, 0) is 34.8 Å². The zero-order chi connectivity index (χ0) is 10.2. The van der Waals surface area contributed by atoms with Gasteiger partial charge in [0.15, 0.2) is 0 Å². The third-order valence-corrected chi connectivity index (χ3v) is 3.66. The van der Waals surface area contributed by atoms with Crippen LogP contribution in [0, 0.1) is 0 Å². The number of rotatable bonds is 1. The van der Waals surface area contributed by atoms with Crippen molar-refractivity contribution in [1.29, 1.82) is 0 Å². The molecule has 3 heteroatoms. The van der Waals surface area contributed by atoms with E-state index in [-0.39, 0.29) is 5.54 Å². The number of para-hydroxylation sites is 1. The Morgan fingerprint density at radius 1 is 1.29 bits per heavy atom. The highest BCUT2D eigenvalue weighted by Gasteiger charge is 2.33. The van der Waals surface area contributed by atoms with E-state index in [2.05, 4.69) is 15.9 Å². The molecule has 0 bridgehead atoms. The van der Waals surface area contributed by atoms with Gasteiger partial charge in [0.25, 0.3) is 0 Å². The third-order valence-electron chi connectivity index (χ3n) is 3.02. The van der Waals surface area contributed by atoms with Crippen LogP contribution in [0.5, 0.6) is 5.75 Å². The van der Waals surface area contributed by atoms with Gasteiger partial charge in [0, 0.05) is 11.1 Å². The fraction of sp³-hybridized carbons (Fsp3) is 0.455. The Kier molecular flexibility index (Phi) is 2.54. The van der Waals surface area contributed by atoms with Gasteiger partial charge in [-0.15, -0.1) is 0 Å². The standard InChI is InChI=1S/C11H14BrNO/c12-9-5-3-4-8(10(9)14)11(13)6-1-2-7-11/h3-5,14H,1-2,6-7,13H2. The lowest BCUT2D eigenvalue weighted by molar-refractivity contribution is 0.407. The lowest BCUT2D eigenvalue weighted by atomic mass is 9.89. The zero-order valence-electron chi connectivity index (χ0n) is 7.96. The van der Waals surface area contributed by atoms with Crippen molar-refractivity contribution in [1.82, 2.24) is 0 Å². The van der Waals surface area contributed by atoms with Crippen molar-refractivity contribution < 1.29 is 5.11 Å². The molecular formula is C11H14BrNO. The van der Waals surface area contributed by atoms with Crippen LogP contribution in [0.15, 0.2) is 22.7 Å². The quantitative estimate of drug-likeness (QED) is 0.811. The first-order valence-electron chi connectivity index (χ1n) is 4.90. The molecule has 2 nitrogen and oxygen atoms in total. The highest BCUT2D eigenvalue weighted by molar-refractivity contribution is 9.10. The van der Waals surface area contributed by atoms with Crippen LogP contribution in [0.2, 0.25) is 0 Å². The third kappa shape index (κ3) is 1.55. The molecule has 0 spiro atoms. The predicted molar refractivity (Wildman–Crippen MR) is 60.1 cm³/mol. The Morgan fingerprint density at radius 3 is 2.57 bits per heavy atom. The van der Waals surface area contributed by atoms with Gasteiger partial charge >= 0.3 is 0 Å². The van der Waals surface area contributed by atoms with E-state index in [0.717, 1.165) is 35.7 Å². The summed E-state index contributed by atoms with van der Waals surface area (Å²) >= 11 is 3.31. The molecule has 1 aromatic rings. The first kappa shape index (κ1) is 9.99. The Labute approximate surface area is 92.3 Å². The van der Waals surface area contributed by atoms with Crippen LogP contribution in [0.3, 0.4) is 0 Å². The molecule has 0 aromatic heterocycles. The smallest absolute Gasteiger partial charge is 0.134 e. The van der Waals surface area contributed by atoms with Gasteiger partial charge in [-0.2, -0.15) is 0 Å². The number of phenolic OH excluding ortho intramolecular Hbond substituents is 1. The fourth-order valence-electron chi connectivity index (χ4n) is 2.19. The van der Waals surface area contributed by atoms with Gasteiger partial charge in [-0.1, -0.05) is 25.0 Å². The average Bonchev–Trinajstić information content (AvgIpc) is 2.58. The van der Waals surface area contributed by atoms with Gasteiger partial charge in [0.05, 0.1) is 4.47 Å². The molecule has 14 heavy (non-hydrogen) atoms.